The number of nitriles is 1. The molecule has 2 aromatic rings. The van der Waals surface area contributed by atoms with Crippen LogP contribution in [0.5, 0.6) is 11.5 Å². The Morgan fingerprint density at radius 2 is 2.03 bits per heavy atom. The van der Waals surface area contributed by atoms with E-state index in [-0.39, 0.29) is 5.56 Å². The maximum atomic E-state index is 12.3. The van der Waals surface area contributed by atoms with E-state index in [0.717, 1.165) is 29.7 Å². The molecule has 0 spiro atoms. The van der Waals surface area contributed by atoms with Crippen LogP contribution in [-0.4, -0.2) is 32.7 Å². The molecule has 0 fully saturated rings. The van der Waals surface area contributed by atoms with Gasteiger partial charge in [0.1, 0.15) is 11.1 Å². The van der Waals surface area contributed by atoms with E-state index in [4.69, 9.17) is 14.2 Å². The Morgan fingerprint density at radius 3 is 2.72 bits per heavy atom. The van der Waals surface area contributed by atoms with Crippen molar-refractivity contribution in [3.05, 3.63) is 39.8 Å². The average Bonchev–Trinajstić information content (AvgIpc) is 3.06. The molecule has 29 heavy (non-hydrogen) atoms. The number of amides is 1. The number of carbonyl (C=O) groups is 2. The van der Waals surface area contributed by atoms with Crippen LogP contribution in [0.25, 0.3) is 0 Å². The Bertz CT molecular complexity index is 976. The van der Waals surface area contributed by atoms with E-state index in [0.29, 0.717) is 28.0 Å². The summed E-state index contributed by atoms with van der Waals surface area (Å²) < 4.78 is 15.4. The zero-order valence-electron chi connectivity index (χ0n) is 16.5. The highest BCUT2D eigenvalue weighted by atomic mass is 32.1. The highest BCUT2D eigenvalue weighted by molar-refractivity contribution is 7.16. The molecule has 1 atom stereocenters. The zero-order chi connectivity index (χ0) is 21.0. The van der Waals surface area contributed by atoms with E-state index < -0.39 is 18.5 Å². The first-order valence-corrected chi connectivity index (χ1v) is 10.0. The van der Waals surface area contributed by atoms with E-state index >= 15 is 0 Å². The summed E-state index contributed by atoms with van der Waals surface area (Å²) >= 11 is 1.43. The number of nitrogens with one attached hydrogen (secondary N) is 1. The normalized spacial score (nSPS) is 15.0. The molecule has 1 aromatic carbocycles. The Hall–Kier alpha value is -3.05. The summed E-state index contributed by atoms with van der Waals surface area (Å²) in [5.74, 6) is 0.312. The maximum absolute atomic E-state index is 12.3. The number of methoxy groups -OCH3 is 2. The molecule has 1 heterocycles. The smallest absolute Gasteiger partial charge is 0.338 e. The first-order valence-electron chi connectivity index (χ1n) is 9.20. The van der Waals surface area contributed by atoms with Crippen molar-refractivity contribution in [1.82, 2.24) is 0 Å². The highest BCUT2D eigenvalue weighted by Crippen LogP contribution is 2.39. The summed E-state index contributed by atoms with van der Waals surface area (Å²) in [5, 5.41) is 12.7. The minimum Gasteiger partial charge on any atom is -0.493 e. The molecule has 7 nitrogen and oxygen atoms in total. The third-order valence-electron chi connectivity index (χ3n) is 4.83. The van der Waals surface area contributed by atoms with Crippen LogP contribution < -0.4 is 14.8 Å². The molecule has 0 saturated carbocycles. The predicted molar refractivity (Wildman–Crippen MR) is 109 cm³/mol. The third kappa shape index (κ3) is 4.51. The van der Waals surface area contributed by atoms with Gasteiger partial charge in [-0.05, 0) is 48.9 Å². The van der Waals surface area contributed by atoms with Crippen LogP contribution in [0.1, 0.15) is 39.7 Å². The van der Waals surface area contributed by atoms with Crippen molar-refractivity contribution in [3.8, 4) is 17.6 Å². The lowest BCUT2D eigenvalue weighted by molar-refractivity contribution is -0.119. The van der Waals surface area contributed by atoms with Crippen molar-refractivity contribution in [2.24, 2.45) is 5.92 Å². The van der Waals surface area contributed by atoms with Crippen LogP contribution in [0.15, 0.2) is 18.2 Å². The Morgan fingerprint density at radius 1 is 1.28 bits per heavy atom. The van der Waals surface area contributed by atoms with Crippen molar-refractivity contribution in [3.63, 3.8) is 0 Å². The van der Waals surface area contributed by atoms with Gasteiger partial charge in [0.05, 0.1) is 25.3 Å². The fraction of sp³-hybridized carbons (Fsp3) is 0.381. The van der Waals surface area contributed by atoms with E-state index in [1.165, 1.54) is 37.7 Å². The lowest BCUT2D eigenvalue weighted by atomic mass is 9.89. The number of esters is 1. The number of hydrogen-bond acceptors (Lipinski definition) is 7. The molecule has 1 aliphatic carbocycles. The quantitative estimate of drug-likeness (QED) is 0.726. The Labute approximate surface area is 173 Å². The van der Waals surface area contributed by atoms with Crippen LogP contribution in [0, 0.1) is 17.2 Å². The first-order chi connectivity index (χ1) is 14.0. The number of rotatable bonds is 6. The predicted octanol–water partition coefficient (Wildman–Crippen LogP) is 3.56. The minimum atomic E-state index is -0.652. The summed E-state index contributed by atoms with van der Waals surface area (Å²) in [6.45, 7) is 1.73. The highest BCUT2D eigenvalue weighted by Gasteiger charge is 2.25. The molecule has 152 valence electrons. The van der Waals surface area contributed by atoms with E-state index in [9.17, 15) is 14.9 Å². The fourth-order valence-electron chi connectivity index (χ4n) is 3.30. The number of benzene rings is 1. The third-order valence-corrected chi connectivity index (χ3v) is 6.00. The van der Waals surface area contributed by atoms with Gasteiger partial charge in [-0.3, -0.25) is 4.79 Å². The van der Waals surface area contributed by atoms with Gasteiger partial charge >= 0.3 is 5.97 Å². The van der Waals surface area contributed by atoms with E-state index in [1.807, 2.05) is 0 Å². The number of thiophene rings is 1. The van der Waals surface area contributed by atoms with Gasteiger partial charge in [0.15, 0.2) is 18.1 Å². The van der Waals surface area contributed by atoms with Gasteiger partial charge in [0.2, 0.25) is 0 Å². The van der Waals surface area contributed by atoms with Gasteiger partial charge in [0.25, 0.3) is 5.91 Å². The van der Waals surface area contributed by atoms with Gasteiger partial charge in [0, 0.05) is 4.88 Å². The first kappa shape index (κ1) is 20.7. The van der Waals surface area contributed by atoms with Crippen molar-refractivity contribution in [2.75, 3.05) is 26.1 Å². The van der Waals surface area contributed by atoms with E-state index in [1.54, 1.807) is 6.07 Å². The molecule has 3 rings (SSSR count). The SMILES string of the molecule is COc1ccc(C(=O)OCC(=O)Nc2sc3c(c2C#N)CC[C@H](C)C3)cc1OC. The van der Waals surface area contributed by atoms with Gasteiger partial charge in [-0.15, -0.1) is 11.3 Å². The molecule has 0 aliphatic heterocycles. The molecule has 0 bridgehead atoms. The monoisotopic (exact) mass is 414 g/mol. The van der Waals surface area contributed by atoms with Gasteiger partial charge < -0.3 is 19.5 Å². The number of carbonyl (C=O) groups excluding carboxylic acids is 2. The fourth-order valence-corrected chi connectivity index (χ4v) is 4.67. The molecule has 1 aliphatic rings. The van der Waals surface area contributed by atoms with Crippen molar-refractivity contribution in [1.29, 1.82) is 5.26 Å². The molecule has 1 amide bonds. The average molecular weight is 414 g/mol. The number of nitrogens with zero attached hydrogens (tertiary/aromatic N) is 1. The topological polar surface area (TPSA) is 97.6 Å². The second-order valence-corrected chi connectivity index (χ2v) is 7.97. The van der Waals surface area contributed by atoms with Gasteiger partial charge in [-0.1, -0.05) is 6.92 Å². The maximum Gasteiger partial charge on any atom is 0.338 e. The zero-order valence-corrected chi connectivity index (χ0v) is 17.4. The number of ether oxygens (including phenoxy) is 3. The largest absolute Gasteiger partial charge is 0.493 e. The Balaban J connectivity index is 1.63. The number of hydrogen-bond donors (Lipinski definition) is 1. The summed E-state index contributed by atoms with van der Waals surface area (Å²) in [6.07, 6.45) is 2.80. The van der Waals surface area contributed by atoms with Crippen LogP contribution in [0.4, 0.5) is 5.00 Å². The molecule has 8 heteroatoms. The summed E-state index contributed by atoms with van der Waals surface area (Å²) in [6, 6.07) is 6.81. The molecule has 1 N–H and O–H groups in total. The number of fused-ring (bicyclic) bond motifs is 1. The second-order valence-electron chi connectivity index (χ2n) is 6.86. The minimum absolute atomic E-state index is 0.244. The number of anilines is 1. The summed E-state index contributed by atoms with van der Waals surface area (Å²) in [7, 11) is 2.97. The van der Waals surface area contributed by atoms with Crippen LogP contribution in [0.3, 0.4) is 0 Å². The van der Waals surface area contributed by atoms with Gasteiger partial charge in [-0.25, -0.2) is 4.79 Å². The van der Waals surface area contributed by atoms with Crippen molar-refractivity contribution >= 4 is 28.2 Å². The van der Waals surface area contributed by atoms with Gasteiger partial charge in [-0.2, -0.15) is 5.26 Å². The molecule has 1 aromatic heterocycles. The standard InChI is InChI=1S/C21H22N2O5S/c1-12-4-6-14-15(10-22)20(29-18(14)8-12)23-19(24)11-28-21(25)13-5-7-16(26-2)17(9-13)27-3/h5,7,9,12H,4,6,8,11H2,1-3H3,(H,23,24)/t12-/m0/s1. The van der Waals surface area contributed by atoms with Crippen molar-refractivity contribution < 1.29 is 23.8 Å². The molecule has 0 radical (unpaired) electrons. The molecular weight excluding hydrogens is 392 g/mol. The van der Waals surface area contributed by atoms with Crippen LogP contribution in [-0.2, 0) is 22.4 Å². The summed E-state index contributed by atoms with van der Waals surface area (Å²) in [4.78, 5) is 25.7. The van der Waals surface area contributed by atoms with Crippen LogP contribution >= 0.6 is 11.3 Å². The molecular formula is C21H22N2O5S. The second kappa shape index (κ2) is 8.97. The lowest BCUT2D eigenvalue weighted by Gasteiger charge is -2.17. The summed E-state index contributed by atoms with van der Waals surface area (Å²) in [5.41, 5.74) is 1.80. The van der Waals surface area contributed by atoms with E-state index in [2.05, 4.69) is 18.3 Å². The molecule has 0 unspecified atom stereocenters. The van der Waals surface area contributed by atoms with Crippen LogP contribution in [0.2, 0.25) is 0 Å². The lowest BCUT2D eigenvalue weighted by Crippen LogP contribution is -2.21. The molecule has 0 saturated heterocycles. The Kier molecular flexibility index (Phi) is 6.39. The van der Waals surface area contributed by atoms with Crippen molar-refractivity contribution in [2.45, 2.75) is 26.2 Å².